The summed E-state index contributed by atoms with van der Waals surface area (Å²) in [6.07, 6.45) is 0.613. The van der Waals surface area contributed by atoms with E-state index in [-0.39, 0.29) is 17.6 Å². The van der Waals surface area contributed by atoms with Gasteiger partial charge in [0.25, 0.3) is 0 Å². The van der Waals surface area contributed by atoms with E-state index in [0.29, 0.717) is 16.5 Å². The Labute approximate surface area is 119 Å². The molecule has 0 aliphatic heterocycles. The van der Waals surface area contributed by atoms with E-state index in [2.05, 4.69) is 20.8 Å². The van der Waals surface area contributed by atoms with Crippen LogP contribution in [0.5, 0.6) is 0 Å². The van der Waals surface area contributed by atoms with Crippen molar-refractivity contribution in [1.29, 1.82) is 0 Å². The number of nitrogens with two attached hydrogens (primary N) is 1. The first-order valence-electron chi connectivity index (χ1n) is 5.98. The van der Waals surface area contributed by atoms with Gasteiger partial charge in [0.15, 0.2) is 0 Å². The van der Waals surface area contributed by atoms with Crippen LogP contribution >= 0.6 is 23.2 Å². The molecule has 2 atom stereocenters. The summed E-state index contributed by atoms with van der Waals surface area (Å²) in [5.74, 6) is 0. The zero-order chi connectivity index (χ0) is 13.9. The lowest BCUT2D eigenvalue weighted by molar-refractivity contribution is -0.00165. The maximum Gasteiger partial charge on any atom is 0.0773 e. The molecule has 0 fully saturated rings. The Balaban J connectivity index is 2.87. The number of hydrogen-bond donors (Lipinski definition) is 1. The molecule has 2 nitrogen and oxygen atoms in total. The lowest BCUT2D eigenvalue weighted by Gasteiger charge is -2.34. The summed E-state index contributed by atoms with van der Waals surface area (Å²) in [5, 5.41) is 1.14. The van der Waals surface area contributed by atoms with Crippen molar-refractivity contribution in [2.45, 2.75) is 39.3 Å². The molecule has 18 heavy (non-hydrogen) atoms. The SMILES string of the molecule is COC(C(N)Cc1cccc(Cl)c1Cl)C(C)(C)C. The highest BCUT2D eigenvalue weighted by Gasteiger charge is 2.30. The van der Waals surface area contributed by atoms with Gasteiger partial charge in [-0.15, -0.1) is 0 Å². The molecule has 0 radical (unpaired) electrons. The highest BCUT2D eigenvalue weighted by Crippen LogP contribution is 2.29. The number of methoxy groups -OCH3 is 1. The van der Waals surface area contributed by atoms with Gasteiger partial charge in [-0.3, -0.25) is 0 Å². The van der Waals surface area contributed by atoms with E-state index >= 15 is 0 Å². The number of hydrogen-bond acceptors (Lipinski definition) is 2. The van der Waals surface area contributed by atoms with E-state index in [4.69, 9.17) is 33.7 Å². The zero-order valence-corrected chi connectivity index (χ0v) is 12.8. The van der Waals surface area contributed by atoms with E-state index in [1.807, 2.05) is 12.1 Å². The van der Waals surface area contributed by atoms with Crippen LogP contribution < -0.4 is 5.73 Å². The Morgan fingerprint density at radius 1 is 1.28 bits per heavy atom. The van der Waals surface area contributed by atoms with Gasteiger partial charge in [0, 0.05) is 13.2 Å². The van der Waals surface area contributed by atoms with Crippen molar-refractivity contribution in [3.8, 4) is 0 Å². The molecule has 4 heteroatoms. The maximum absolute atomic E-state index is 6.24. The Morgan fingerprint density at radius 3 is 2.39 bits per heavy atom. The van der Waals surface area contributed by atoms with Crippen molar-refractivity contribution in [2.24, 2.45) is 11.1 Å². The topological polar surface area (TPSA) is 35.2 Å². The molecule has 0 saturated carbocycles. The maximum atomic E-state index is 6.24. The fourth-order valence-corrected chi connectivity index (χ4v) is 2.63. The third-order valence-electron chi connectivity index (χ3n) is 2.98. The molecule has 0 aromatic heterocycles. The molecule has 1 aromatic rings. The van der Waals surface area contributed by atoms with E-state index in [1.165, 1.54) is 0 Å². The Hall–Kier alpha value is -0.280. The Bertz CT molecular complexity index is 401. The lowest BCUT2D eigenvalue weighted by Crippen LogP contribution is -2.46. The number of benzene rings is 1. The summed E-state index contributed by atoms with van der Waals surface area (Å²) >= 11 is 12.2. The number of halogens is 2. The molecule has 0 aliphatic rings. The molecular weight excluding hydrogens is 269 g/mol. The molecule has 2 N–H and O–H groups in total. The van der Waals surface area contributed by atoms with Crippen LogP contribution in [0.4, 0.5) is 0 Å². The molecule has 0 aliphatic carbocycles. The Kier molecular flexibility index (Phi) is 5.47. The Morgan fingerprint density at radius 2 is 1.89 bits per heavy atom. The van der Waals surface area contributed by atoms with Gasteiger partial charge < -0.3 is 10.5 Å². The van der Waals surface area contributed by atoms with Crippen LogP contribution in [0.1, 0.15) is 26.3 Å². The van der Waals surface area contributed by atoms with Gasteiger partial charge in [-0.25, -0.2) is 0 Å². The van der Waals surface area contributed by atoms with Crippen LogP contribution in [0.15, 0.2) is 18.2 Å². The second kappa shape index (κ2) is 6.25. The normalized spacial score (nSPS) is 15.5. The minimum Gasteiger partial charge on any atom is -0.379 e. The molecule has 0 amide bonds. The third-order valence-corrected chi connectivity index (χ3v) is 3.84. The van der Waals surface area contributed by atoms with Crippen LogP contribution in [0, 0.1) is 5.41 Å². The minimum absolute atomic E-state index is 0.0147. The highest BCUT2D eigenvalue weighted by atomic mass is 35.5. The summed E-state index contributed by atoms with van der Waals surface area (Å²) in [7, 11) is 1.69. The molecule has 2 unspecified atom stereocenters. The second-order valence-electron chi connectivity index (χ2n) is 5.60. The summed E-state index contributed by atoms with van der Waals surface area (Å²) in [6, 6.07) is 5.49. The summed E-state index contributed by atoms with van der Waals surface area (Å²) in [4.78, 5) is 0. The lowest BCUT2D eigenvalue weighted by atomic mass is 9.83. The first kappa shape index (κ1) is 15.8. The minimum atomic E-state index is -0.119. The van der Waals surface area contributed by atoms with E-state index in [9.17, 15) is 0 Å². The molecule has 0 saturated heterocycles. The highest BCUT2D eigenvalue weighted by molar-refractivity contribution is 6.42. The largest absolute Gasteiger partial charge is 0.379 e. The van der Waals surface area contributed by atoms with Crippen LogP contribution in [-0.2, 0) is 11.2 Å². The smallest absolute Gasteiger partial charge is 0.0773 e. The first-order chi connectivity index (χ1) is 8.27. The van der Waals surface area contributed by atoms with Gasteiger partial charge in [0.1, 0.15) is 0 Å². The molecule has 0 heterocycles. The van der Waals surface area contributed by atoms with E-state index in [1.54, 1.807) is 13.2 Å². The van der Waals surface area contributed by atoms with Gasteiger partial charge in [-0.05, 0) is 23.5 Å². The van der Waals surface area contributed by atoms with Gasteiger partial charge in [0.05, 0.1) is 16.1 Å². The van der Waals surface area contributed by atoms with Crippen molar-refractivity contribution < 1.29 is 4.74 Å². The average Bonchev–Trinajstić information content (AvgIpc) is 2.23. The standard InChI is InChI=1S/C14H21Cl2NO/c1-14(2,3)13(18-4)11(17)8-9-6-5-7-10(15)12(9)16/h5-7,11,13H,8,17H2,1-4H3. The van der Waals surface area contributed by atoms with Crippen LogP contribution in [0.2, 0.25) is 10.0 Å². The van der Waals surface area contributed by atoms with Gasteiger partial charge in [-0.1, -0.05) is 56.1 Å². The molecule has 1 aromatic carbocycles. The monoisotopic (exact) mass is 289 g/mol. The van der Waals surface area contributed by atoms with Gasteiger partial charge in [0.2, 0.25) is 0 Å². The molecule has 1 rings (SSSR count). The second-order valence-corrected chi connectivity index (χ2v) is 6.39. The predicted octanol–water partition coefficient (Wildman–Crippen LogP) is 3.92. The number of ether oxygens (including phenoxy) is 1. The zero-order valence-electron chi connectivity index (χ0n) is 11.3. The summed E-state index contributed by atoms with van der Waals surface area (Å²) in [6.45, 7) is 6.34. The first-order valence-corrected chi connectivity index (χ1v) is 6.74. The van der Waals surface area contributed by atoms with Gasteiger partial charge in [-0.2, -0.15) is 0 Å². The van der Waals surface area contributed by atoms with Crippen molar-refractivity contribution >= 4 is 23.2 Å². The molecule has 102 valence electrons. The third kappa shape index (κ3) is 3.86. The van der Waals surface area contributed by atoms with Crippen LogP contribution in [-0.4, -0.2) is 19.3 Å². The van der Waals surface area contributed by atoms with Crippen molar-refractivity contribution in [3.63, 3.8) is 0 Å². The number of rotatable bonds is 4. The molecule has 0 spiro atoms. The van der Waals surface area contributed by atoms with Crippen molar-refractivity contribution in [2.75, 3.05) is 7.11 Å². The molecular formula is C14H21Cl2NO. The van der Waals surface area contributed by atoms with E-state index in [0.717, 1.165) is 5.56 Å². The quantitative estimate of drug-likeness (QED) is 0.912. The van der Waals surface area contributed by atoms with E-state index < -0.39 is 0 Å². The summed E-state index contributed by atoms with van der Waals surface area (Å²) in [5.41, 5.74) is 7.19. The van der Waals surface area contributed by atoms with Crippen molar-refractivity contribution in [3.05, 3.63) is 33.8 Å². The average molecular weight is 290 g/mol. The summed E-state index contributed by atoms with van der Waals surface area (Å²) < 4.78 is 5.52. The van der Waals surface area contributed by atoms with Crippen LogP contribution in [0.25, 0.3) is 0 Å². The molecule has 0 bridgehead atoms. The van der Waals surface area contributed by atoms with Gasteiger partial charge >= 0.3 is 0 Å². The van der Waals surface area contributed by atoms with Crippen LogP contribution in [0.3, 0.4) is 0 Å². The predicted molar refractivity (Wildman–Crippen MR) is 78.4 cm³/mol. The van der Waals surface area contributed by atoms with Crippen molar-refractivity contribution in [1.82, 2.24) is 0 Å². The fraction of sp³-hybridized carbons (Fsp3) is 0.571. The fourth-order valence-electron chi connectivity index (χ4n) is 2.24.